The molecule has 9 heteroatoms. The molecule has 0 saturated heterocycles. The first-order valence-electron chi connectivity index (χ1n) is 8.06. The average Bonchev–Trinajstić information content (AvgIpc) is 2.54. The van der Waals surface area contributed by atoms with Gasteiger partial charge in [-0.15, -0.1) is 0 Å². The zero-order valence-corrected chi connectivity index (χ0v) is 14.7. The lowest BCUT2D eigenvalue weighted by molar-refractivity contribution is -0.134. The van der Waals surface area contributed by atoms with Crippen LogP contribution in [0, 0.1) is 0 Å². The van der Waals surface area contributed by atoms with Crippen molar-refractivity contribution in [1.29, 1.82) is 0 Å². The number of hydrogen-bond acceptors (Lipinski definition) is 7. The Morgan fingerprint density at radius 3 is 2.27 bits per heavy atom. The molecule has 0 radical (unpaired) electrons. The van der Waals surface area contributed by atoms with E-state index in [1.807, 2.05) is 0 Å². The third-order valence-electron chi connectivity index (χ3n) is 3.32. The summed E-state index contributed by atoms with van der Waals surface area (Å²) in [5.74, 6) is -3.02. The minimum atomic E-state index is -0.906. The summed E-state index contributed by atoms with van der Waals surface area (Å²) in [6, 6.07) is 3.30. The molecule has 5 N–H and O–H groups in total. The number of ether oxygens (including phenoxy) is 2. The van der Waals surface area contributed by atoms with Crippen LogP contribution in [-0.2, 0) is 14.4 Å². The molecule has 2 amide bonds. The van der Waals surface area contributed by atoms with Crippen LogP contribution in [0.4, 0.5) is 0 Å². The first-order chi connectivity index (χ1) is 12.3. The number of amides is 2. The Morgan fingerprint density at radius 1 is 1.08 bits per heavy atom. The monoisotopic (exact) mass is 365 g/mol. The Kier molecular flexibility index (Phi) is 8.23. The number of para-hydroxylation sites is 1. The summed E-state index contributed by atoms with van der Waals surface area (Å²) in [6.45, 7) is 2.77. The van der Waals surface area contributed by atoms with Crippen molar-refractivity contribution < 1.29 is 28.7 Å². The highest BCUT2D eigenvalue weighted by atomic mass is 16.6. The van der Waals surface area contributed by atoms with E-state index in [2.05, 4.69) is 5.32 Å². The van der Waals surface area contributed by atoms with E-state index in [4.69, 9.17) is 20.9 Å². The Bertz CT molecular complexity index is 689. The quantitative estimate of drug-likeness (QED) is 0.322. The third-order valence-corrected chi connectivity index (χ3v) is 3.32. The number of esters is 2. The number of nitrogens with one attached hydrogen (secondary N) is 1. The van der Waals surface area contributed by atoms with Gasteiger partial charge >= 0.3 is 11.9 Å². The highest BCUT2D eigenvalue weighted by molar-refractivity contribution is 6.01. The number of rotatable bonds is 9. The van der Waals surface area contributed by atoms with Gasteiger partial charge in [0.1, 0.15) is 6.04 Å². The average molecular weight is 365 g/mol. The fourth-order valence-electron chi connectivity index (χ4n) is 2.19. The summed E-state index contributed by atoms with van der Waals surface area (Å²) >= 11 is 0. The van der Waals surface area contributed by atoms with E-state index in [9.17, 15) is 19.2 Å². The van der Waals surface area contributed by atoms with Gasteiger partial charge in [-0.1, -0.05) is 6.07 Å². The summed E-state index contributed by atoms with van der Waals surface area (Å²) in [5, 5.41) is 2.50. The van der Waals surface area contributed by atoms with Crippen LogP contribution in [0.3, 0.4) is 0 Å². The van der Waals surface area contributed by atoms with Crippen LogP contribution >= 0.6 is 0 Å². The zero-order valence-electron chi connectivity index (χ0n) is 14.7. The molecule has 0 fully saturated rings. The molecule has 1 atom stereocenters. The number of carbonyl (C=O) groups is 4. The maximum absolute atomic E-state index is 12.6. The molecule has 9 nitrogen and oxygen atoms in total. The molecule has 0 aliphatic rings. The Hall–Kier alpha value is -2.94. The van der Waals surface area contributed by atoms with Gasteiger partial charge in [0.05, 0.1) is 5.56 Å². The van der Waals surface area contributed by atoms with Gasteiger partial charge in [0.2, 0.25) is 5.91 Å². The lowest BCUT2D eigenvalue weighted by Gasteiger charge is -2.17. The molecule has 1 rings (SSSR count). The van der Waals surface area contributed by atoms with E-state index in [0.717, 1.165) is 6.92 Å². The van der Waals surface area contributed by atoms with Gasteiger partial charge in [0.25, 0.3) is 5.91 Å². The summed E-state index contributed by atoms with van der Waals surface area (Å²) in [6.07, 6.45) is 1.61. The number of nitrogens with two attached hydrogens (primary N) is 2. The largest absolute Gasteiger partial charge is 0.423 e. The molecule has 142 valence electrons. The second-order valence-corrected chi connectivity index (χ2v) is 5.53. The van der Waals surface area contributed by atoms with E-state index in [-0.39, 0.29) is 17.1 Å². The molecule has 0 aromatic heterocycles. The summed E-state index contributed by atoms with van der Waals surface area (Å²) < 4.78 is 10.00. The predicted molar refractivity (Wildman–Crippen MR) is 92.4 cm³/mol. The fraction of sp³-hybridized carbons (Fsp3) is 0.412. The lowest BCUT2D eigenvalue weighted by Crippen LogP contribution is -2.44. The van der Waals surface area contributed by atoms with Crippen molar-refractivity contribution in [3.05, 3.63) is 23.8 Å². The number of benzene rings is 1. The maximum Gasteiger partial charge on any atom is 0.308 e. The van der Waals surface area contributed by atoms with Gasteiger partial charge in [0, 0.05) is 13.8 Å². The molecule has 1 aromatic rings. The normalized spacial score (nSPS) is 11.3. The molecule has 26 heavy (non-hydrogen) atoms. The lowest BCUT2D eigenvalue weighted by atomic mass is 10.1. The molecule has 0 spiro atoms. The van der Waals surface area contributed by atoms with E-state index in [0.29, 0.717) is 25.8 Å². The van der Waals surface area contributed by atoms with Crippen LogP contribution in [0.5, 0.6) is 11.5 Å². The van der Waals surface area contributed by atoms with Crippen LogP contribution in [0.2, 0.25) is 0 Å². The van der Waals surface area contributed by atoms with Crippen LogP contribution in [0.25, 0.3) is 0 Å². The van der Waals surface area contributed by atoms with E-state index in [1.54, 1.807) is 0 Å². The van der Waals surface area contributed by atoms with Gasteiger partial charge in [-0.25, -0.2) is 0 Å². The predicted octanol–water partition coefficient (Wildman–Crippen LogP) is 0.250. The summed E-state index contributed by atoms with van der Waals surface area (Å²) in [4.78, 5) is 46.7. The third kappa shape index (κ3) is 6.52. The van der Waals surface area contributed by atoms with Crippen molar-refractivity contribution in [3.8, 4) is 11.5 Å². The van der Waals surface area contributed by atoms with Crippen molar-refractivity contribution in [2.24, 2.45) is 11.5 Å². The van der Waals surface area contributed by atoms with Crippen molar-refractivity contribution in [1.82, 2.24) is 5.32 Å². The van der Waals surface area contributed by atoms with E-state index < -0.39 is 29.8 Å². The number of hydrogen-bond donors (Lipinski definition) is 3. The maximum atomic E-state index is 12.6. The molecule has 0 heterocycles. The van der Waals surface area contributed by atoms with Crippen molar-refractivity contribution in [3.63, 3.8) is 0 Å². The Labute approximate surface area is 151 Å². The molecule has 0 aliphatic heterocycles. The molecular weight excluding hydrogens is 342 g/mol. The Morgan fingerprint density at radius 2 is 1.73 bits per heavy atom. The molecule has 0 saturated carbocycles. The first kappa shape index (κ1) is 21.1. The van der Waals surface area contributed by atoms with Gasteiger partial charge in [-0.05, 0) is 37.9 Å². The smallest absolute Gasteiger partial charge is 0.308 e. The van der Waals surface area contributed by atoms with Gasteiger partial charge in [0.15, 0.2) is 11.5 Å². The fourth-order valence-corrected chi connectivity index (χ4v) is 2.19. The molecular formula is C17H23N3O6. The van der Waals surface area contributed by atoms with E-state index >= 15 is 0 Å². The highest BCUT2D eigenvalue weighted by Gasteiger charge is 2.24. The minimum absolute atomic E-state index is 0.0657. The first-order valence-corrected chi connectivity index (χ1v) is 8.06. The number of unbranched alkanes of at least 4 members (excludes halogenated alkanes) is 1. The highest BCUT2D eigenvalue weighted by Crippen LogP contribution is 2.32. The minimum Gasteiger partial charge on any atom is -0.423 e. The topological polar surface area (TPSA) is 151 Å². The van der Waals surface area contributed by atoms with Crippen molar-refractivity contribution in [2.75, 3.05) is 6.54 Å². The van der Waals surface area contributed by atoms with Crippen LogP contribution < -0.4 is 26.3 Å². The summed E-state index contributed by atoms with van der Waals surface area (Å²) in [5.41, 5.74) is 10.7. The standard InChI is InChI=1S/C17H23N3O6/c1-10(21)25-14-8-5-6-12(15(14)26-11(2)22)17(24)20-13(16(19)23)7-3-4-9-18/h5-6,8,13H,3-4,7,9,18H2,1-2H3,(H2,19,23)(H,20,24). The van der Waals surface area contributed by atoms with Gasteiger partial charge in [-0.2, -0.15) is 0 Å². The SMILES string of the molecule is CC(=O)Oc1cccc(C(=O)NC(CCCCN)C(N)=O)c1OC(C)=O. The van der Waals surface area contributed by atoms with Crippen LogP contribution in [0.15, 0.2) is 18.2 Å². The molecule has 0 bridgehead atoms. The van der Waals surface area contributed by atoms with Crippen molar-refractivity contribution >= 4 is 23.8 Å². The molecule has 0 aliphatic carbocycles. The van der Waals surface area contributed by atoms with Crippen molar-refractivity contribution in [2.45, 2.75) is 39.2 Å². The van der Waals surface area contributed by atoms with Crippen LogP contribution in [-0.4, -0.2) is 36.3 Å². The van der Waals surface area contributed by atoms with Gasteiger partial charge in [-0.3, -0.25) is 19.2 Å². The second kappa shape index (κ2) is 10.1. The van der Waals surface area contributed by atoms with Gasteiger partial charge < -0.3 is 26.3 Å². The number of primary amides is 1. The Balaban J connectivity index is 3.10. The second-order valence-electron chi connectivity index (χ2n) is 5.53. The summed E-state index contributed by atoms with van der Waals surface area (Å²) in [7, 11) is 0. The number of carbonyl (C=O) groups excluding carboxylic acids is 4. The molecule has 1 aromatic carbocycles. The zero-order chi connectivity index (χ0) is 19.7. The van der Waals surface area contributed by atoms with E-state index in [1.165, 1.54) is 25.1 Å². The molecule has 1 unspecified atom stereocenters. The van der Waals surface area contributed by atoms with Crippen LogP contribution in [0.1, 0.15) is 43.5 Å².